The first-order valence-corrected chi connectivity index (χ1v) is 7.89. The molecule has 1 aromatic heterocycles. The Bertz CT molecular complexity index is 683. The quantitative estimate of drug-likeness (QED) is 0.653. The standard InChI is InChI=1S/C17H20N2O4/c20-16-8-4-2-6-14(16)18-11-12-9-10-17(23-12)13-5-1-3-7-15(13)19(21)22/h1,3,5,7,9-10,14,16,18,20H,2,4,6,8,11H2. The van der Waals surface area contributed by atoms with Crippen molar-refractivity contribution in [2.24, 2.45) is 0 Å². The molecule has 3 rings (SSSR count). The highest BCUT2D eigenvalue weighted by Gasteiger charge is 2.23. The van der Waals surface area contributed by atoms with Gasteiger partial charge < -0.3 is 14.8 Å². The van der Waals surface area contributed by atoms with E-state index in [1.807, 2.05) is 6.07 Å². The van der Waals surface area contributed by atoms with Gasteiger partial charge in [-0.2, -0.15) is 0 Å². The van der Waals surface area contributed by atoms with E-state index in [1.54, 1.807) is 24.3 Å². The molecule has 0 bridgehead atoms. The van der Waals surface area contributed by atoms with Gasteiger partial charge in [0.1, 0.15) is 11.5 Å². The van der Waals surface area contributed by atoms with E-state index in [0.717, 1.165) is 25.7 Å². The molecule has 1 saturated carbocycles. The zero-order valence-electron chi connectivity index (χ0n) is 12.8. The molecule has 2 aromatic rings. The molecule has 23 heavy (non-hydrogen) atoms. The van der Waals surface area contributed by atoms with Crippen molar-refractivity contribution in [3.05, 3.63) is 52.3 Å². The van der Waals surface area contributed by atoms with Crippen LogP contribution < -0.4 is 5.32 Å². The van der Waals surface area contributed by atoms with Gasteiger partial charge in [0.15, 0.2) is 0 Å². The number of nitrogens with zero attached hydrogens (tertiary/aromatic N) is 1. The number of nitrogens with one attached hydrogen (secondary N) is 1. The summed E-state index contributed by atoms with van der Waals surface area (Å²) in [5.74, 6) is 1.19. The van der Waals surface area contributed by atoms with Crippen LogP contribution in [-0.2, 0) is 6.54 Å². The minimum atomic E-state index is -0.409. The Labute approximate surface area is 134 Å². The third kappa shape index (κ3) is 3.60. The van der Waals surface area contributed by atoms with E-state index in [1.165, 1.54) is 6.07 Å². The van der Waals surface area contributed by atoms with Crippen LogP contribution in [0.1, 0.15) is 31.4 Å². The second kappa shape index (κ2) is 6.93. The SMILES string of the molecule is O=[N+]([O-])c1ccccc1-c1ccc(CNC2CCCCC2O)o1. The molecule has 2 N–H and O–H groups in total. The number of benzene rings is 1. The van der Waals surface area contributed by atoms with Crippen LogP contribution in [0.5, 0.6) is 0 Å². The zero-order chi connectivity index (χ0) is 16.2. The van der Waals surface area contributed by atoms with Gasteiger partial charge in [0.2, 0.25) is 0 Å². The summed E-state index contributed by atoms with van der Waals surface area (Å²) >= 11 is 0. The van der Waals surface area contributed by atoms with Gasteiger partial charge >= 0.3 is 0 Å². The molecule has 1 aromatic carbocycles. The Morgan fingerprint density at radius 3 is 2.78 bits per heavy atom. The van der Waals surface area contributed by atoms with Gasteiger partial charge in [-0.1, -0.05) is 25.0 Å². The van der Waals surface area contributed by atoms with Crippen molar-refractivity contribution in [1.29, 1.82) is 0 Å². The van der Waals surface area contributed by atoms with Crippen molar-refractivity contribution in [2.45, 2.75) is 44.4 Å². The first-order chi connectivity index (χ1) is 11.1. The van der Waals surface area contributed by atoms with E-state index in [4.69, 9.17) is 4.42 Å². The minimum absolute atomic E-state index is 0.0315. The van der Waals surface area contributed by atoms with Gasteiger partial charge in [-0.3, -0.25) is 10.1 Å². The van der Waals surface area contributed by atoms with E-state index in [2.05, 4.69) is 5.32 Å². The molecule has 122 valence electrons. The maximum absolute atomic E-state index is 11.1. The first-order valence-electron chi connectivity index (χ1n) is 7.89. The van der Waals surface area contributed by atoms with Crippen molar-refractivity contribution < 1.29 is 14.4 Å². The second-order valence-electron chi connectivity index (χ2n) is 5.88. The summed E-state index contributed by atoms with van der Waals surface area (Å²) in [6.45, 7) is 0.502. The smallest absolute Gasteiger partial charge is 0.280 e. The van der Waals surface area contributed by atoms with Crippen molar-refractivity contribution >= 4 is 5.69 Å². The Morgan fingerprint density at radius 2 is 2.00 bits per heavy atom. The van der Waals surface area contributed by atoms with E-state index in [0.29, 0.717) is 23.6 Å². The maximum atomic E-state index is 11.1. The summed E-state index contributed by atoms with van der Waals surface area (Å²) in [7, 11) is 0. The topological polar surface area (TPSA) is 88.5 Å². The monoisotopic (exact) mass is 316 g/mol. The largest absolute Gasteiger partial charge is 0.459 e. The third-order valence-electron chi connectivity index (χ3n) is 4.30. The Balaban J connectivity index is 1.70. The molecular formula is C17H20N2O4. The number of rotatable bonds is 5. The van der Waals surface area contributed by atoms with Crippen LogP contribution in [-0.4, -0.2) is 22.2 Å². The molecule has 6 heteroatoms. The normalized spacial score (nSPS) is 21.3. The summed E-state index contributed by atoms with van der Waals surface area (Å²) in [5, 5.41) is 24.4. The van der Waals surface area contributed by atoms with Gasteiger partial charge in [-0.15, -0.1) is 0 Å². The number of aliphatic hydroxyl groups is 1. The second-order valence-corrected chi connectivity index (χ2v) is 5.88. The molecule has 1 aliphatic carbocycles. The van der Waals surface area contributed by atoms with Crippen LogP contribution in [0.15, 0.2) is 40.8 Å². The lowest BCUT2D eigenvalue weighted by Crippen LogP contribution is -2.41. The molecule has 2 atom stereocenters. The molecule has 0 spiro atoms. The lowest BCUT2D eigenvalue weighted by molar-refractivity contribution is -0.384. The van der Waals surface area contributed by atoms with E-state index < -0.39 is 4.92 Å². The Kier molecular flexibility index (Phi) is 4.73. The fraction of sp³-hybridized carbons (Fsp3) is 0.412. The molecular weight excluding hydrogens is 296 g/mol. The van der Waals surface area contributed by atoms with Crippen molar-refractivity contribution in [1.82, 2.24) is 5.32 Å². The molecule has 0 aliphatic heterocycles. The average Bonchev–Trinajstić information content (AvgIpc) is 3.03. The number of nitro groups is 1. The van der Waals surface area contributed by atoms with Gasteiger partial charge in [-0.05, 0) is 31.0 Å². The van der Waals surface area contributed by atoms with Crippen molar-refractivity contribution in [3.63, 3.8) is 0 Å². The highest BCUT2D eigenvalue weighted by atomic mass is 16.6. The Morgan fingerprint density at radius 1 is 1.22 bits per heavy atom. The fourth-order valence-corrected chi connectivity index (χ4v) is 3.04. The third-order valence-corrected chi connectivity index (χ3v) is 4.30. The molecule has 1 fully saturated rings. The highest BCUT2D eigenvalue weighted by molar-refractivity contribution is 5.69. The summed E-state index contributed by atoms with van der Waals surface area (Å²) in [5.41, 5.74) is 0.505. The van der Waals surface area contributed by atoms with Crippen molar-refractivity contribution in [3.8, 4) is 11.3 Å². The number of hydrogen-bond acceptors (Lipinski definition) is 5. The molecule has 2 unspecified atom stereocenters. The van der Waals surface area contributed by atoms with Gasteiger partial charge in [0, 0.05) is 12.1 Å². The summed E-state index contributed by atoms with van der Waals surface area (Å²) in [4.78, 5) is 10.7. The van der Waals surface area contributed by atoms with Gasteiger partial charge in [-0.25, -0.2) is 0 Å². The Hall–Kier alpha value is -2.18. The summed E-state index contributed by atoms with van der Waals surface area (Å²) in [6, 6.07) is 10.2. The van der Waals surface area contributed by atoms with E-state index >= 15 is 0 Å². The molecule has 0 saturated heterocycles. The van der Waals surface area contributed by atoms with Gasteiger partial charge in [0.05, 0.1) is 23.1 Å². The maximum Gasteiger partial charge on any atom is 0.280 e. The zero-order valence-corrected chi connectivity index (χ0v) is 12.8. The number of furan rings is 1. The van der Waals surface area contributed by atoms with Crippen LogP contribution in [0.3, 0.4) is 0 Å². The molecule has 0 radical (unpaired) electrons. The van der Waals surface area contributed by atoms with Crippen molar-refractivity contribution in [2.75, 3.05) is 0 Å². The summed E-state index contributed by atoms with van der Waals surface area (Å²) < 4.78 is 5.74. The molecule has 1 heterocycles. The number of para-hydroxylation sites is 1. The number of hydrogen-bond donors (Lipinski definition) is 2. The van der Waals surface area contributed by atoms with Crippen LogP contribution >= 0.6 is 0 Å². The minimum Gasteiger partial charge on any atom is -0.459 e. The molecule has 1 aliphatic rings. The van der Waals surface area contributed by atoms with Crippen LogP contribution in [0.25, 0.3) is 11.3 Å². The van der Waals surface area contributed by atoms with Gasteiger partial charge in [0.25, 0.3) is 5.69 Å². The lowest BCUT2D eigenvalue weighted by Gasteiger charge is -2.28. The fourth-order valence-electron chi connectivity index (χ4n) is 3.04. The average molecular weight is 316 g/mol. The van der Waals surface area contributed by atoms with E-state index in [-0.39, 0.29) is 17.8 Å². The molecule has 0 amide bonds. The molecule has 6 nitrogen and oxygen atoms in total. The summed E-state index contributed by atoms with van der Waals surface area (Å²) in [6.07, 6.45) is 3.67. The number of nitro benzene ring substituents is 1. The van der Waals surface area contributed by atoms with Crippen LogP contribution in [0.2, 0.25) is 0 Å². The highest BCUT2D eigenvalue weighted by Crippen LogP contribution is 2.31. The predicted octanol–water partition coefficient (Wildman–Crippen LogP) is 3.25. The van der Waals surface area contributed by atoms with E-state index in [9.17, 15) is 15.2 Å². The number of aliphatic hydroxyl groups excluding tert-OH is 1. The lowest BCUT2D eigenvalue weighted by atomic mass is 9.92. The van der Waals surface area contributed by atoms with Crippen LogP contribution in [0, 0.1) is 10.1 Å². The van der Waals surface area contributed by atoms with Crippen LogP contribution in [0.4, 0.5) is 5.69 Å². The first kappa shape index (κ1) is 15.7. The predicted molar refractivity (Wildman–Crippen MR) is 85.9 cm³/mol.